The van der Waals surface area contributed by atoms with Crippen molar-refractivity contribution in [2.24, 2.45) is 0 Å². The second-order valence-electron chi connectivity index (χ2n) is 4.32. The van der Waals surface area contributed by atoms with Gasteiger partial charge in [0.05, 0.1) is 16.1 Å². The quantitative estimate of drug-likeness (QED) is 0.560. The molecule has 0 saturated heterocycles. The van der Waals surface area contributed by atoms with Gasteiger partial charge < -0.3 is 10.4 Å². The highest BCUT2D eigenvalue weighted by molar-refractivity contribution is 6.35. The van der Waals surface area contributed by atoms with Crippen LogP contribution in [-0.2, 0) is 0 Å². The lowest BCUT2D eigenvalue weighted by Gasteiger charge is -2.18. The minimum Gasteiger partial charge on any atom is -0.506 e. The molecule has 2 rings (SSSR count). The maximum absolute atomic E-state index is 13.5. The van der Waals surface area contributed by atoms with Gasteiger partial charge in [-0.05, 0) is 42.8 Å². The van der Waals surface area contributed by atoms with Crippen LogP contribution < -0.4 is 5.32 Å². The average molecular weight is 335 g/mol. The highest BCUT2D eigenvalue weighted by atomic mass is 35.5. The zero-order chi connectivity index (χ0) is 14.9. The summed E-state index contributed by atoms with van der Waals surface area (Å²) < 4.78 is 13.5. The van der Waals surface area contributed by atoms with Gasteiger partial charge in [0.1, 0.15) is 11.6 Å². The number of phenols is 1. The van der Waals surface area contributed by atoms with Crippen LogP contribution >= 0.6 is 34.8 Å². The first kappa shape index (κ1) is 15.2. The van der Waals surface area contributed by atoms with Gasteiger partial charge in [0.25, 0.3) is 0 Å². The fourth-order valence-corrected chi connectivity index (χ4v) is 2.52. The van der Waals surface area contributed by atoms with Crippen molar-refractivity contribution in [3.63, 3.8) is 0 Å². The van der Waals surface area contributed by atoms with E-state index < -0.39 is 5.82 Å². The largest absolute Gasteiger partial charge is 0.506 e. The minimum absolute atomic E-state index is 0.000407. The summed E-state index contributed by atoms with van der Waals surface area (Å²) in [5.41, 5.74) is 1.27. The standard InChI is InChI=1S/C14H11Cl3FNO/c1-7(9-5-13(18)11(16)6-10(9)15)19-8-2-3-14(20)12(17)4-8/h2-7,19-20H,1H3. The number of anilines is 1. The third-order valence-corrected chi connectivity index (χ3v) is 3.76. The number of hydrogen-bond donors (Lipinski definition) is 2. The van der Waals surface area contributed by atoms with Crippen molar-refractivity contribution in [2.45, 2.75) is 13.0 Å². The first-order chi connectivity index (χ1) is 9.38. The second kappa shape index (κ2) is 6.08. The summed E-state index contributed by atoms with van der Waals surface area (Å²) in [5.74, 6) is -0.524. The van der Waals surface area contributed by atoms with E-state index >= 15 is 0 Å². The van der Waals surface area contributed by atoms with Crippen LogP contribution in [0.4, 0.5) is 10.1 Å². The van der Waals surface area contributed by atoms with Crippen molar-refractivity contribution in [1.82, 2.24) is 0 Å². The molecule has 0 aliphatic carbocycles. The molecular weight excluding hydrogens is 324 g/mol. The van der Waals surface area contributed by atoms with Gasteiger partial charge in [-0.25, -0.2) is 4.39 Å². The Morgan fingerprint density at radius 3 is 2.40 bits per heavy atom. The average Bonchev–Trinajstić information content (AvgIpc) is 2.38. The number of hydrogen-bond acceptors (Lipinski definition) is 2. The van der Waals surface area contributed by atoms with Crippen LogP contribution in [-0.4, -0.2) is 5.11 Å². The van der Waals surface area contributed by atoms with Crippen molar-refractivity contribution in [3.05, 3.63) is 56.8 Å². The smallest absolute Gasteiger partial charge is 0.142 e. The van der Waals surface area contributed by atoms with Gasteiger partial charge in [0.15, 0.2) is 0 Å². The van der Waals surface area contributed by atoms with E-state index in [4.69, 9.17) is 34.8 Å². The van der Waals surface area contributed by atoms with E-state index in [1.807, 2.05) is 6.92 Å². The molecule has 2 N–H and O–H groups in total. The van der Waals surface area contributed by atoms with Crippen LogP contribution in [0.25, 0.3) is 0 Å². The summed E-state index contributed by atoms with van der Waals surface area (Å²) in [6, 6.07) is 7.13. The number of benzene rings is 2. The van der Waals surface area contributed by atoms with Crippen molar-refractivity contribution in [3.8, 4) is 5.75 Å². The molecule has 0 heterocycles. The van der Waals surface area contributed by atoms with Crippen molar-refractivity contribution in [2.75, 3.05) is 5.32 Å². The molecule has 6 heteroatoms. The summed E-state index contributed by atoms with van der Waals surface area (Å²) in [6.07, 6.45) is 0. The Morgan fingerprint density at radius 2 is 1.75 bits per heavy atom. The Balaban J connectivity index is 2.25. The summed E-state index contributed by atoms with van der Waals surface area (Å²) >= 11 is 17.6. The van der Waals surface area contributed by atoms with E-state index in [1.54, 1.807) is 12.1 Å². The Bertz CT molecular complexity index is 649. The fraction of sp³-hybridized carbons (Fsp3) is 0.143. The van der Waals surface area contributed by atoms with Crippen molar-refractivity contribution >= 4 is 40.5 Å². The SMILES string of the molecule is CC(Nc1ccc(O)c(Cl)c1)c1cc(F)c(Cl)cc1Cl. The third-order valence-electron chi connectivity index (χ3n) is 2.84. The number of aromatic hydroxyl groups is 1. The Hall–Kier alpha value is -1.16. The molecule has 20 heavy (non-hydrogen) atoms. The molecule has 1 unspecified atom stereocenters. The monoisotopic (exact) mass is 333 g/mol. The van der Waals surface area contributed by atoms with Crippen LogP contribution in [0, 0.1) is 5.82 Å². The summed E-state index contributed by atoms with van der Waals surface area (Å²) in [4.78, 5) is 0. The zero-order valence-electron chi connectivity index (χ0n) is 10.4. The number of rotatable bonds is 3. The molecule has 0 bridgehead atoms. The maximum Gasteiger partial charge on any atom is 0.142 e. The highest BCUT2D eigenvalue weighted by Crippen LogP contribution is 2.32. The lowest BCUT2D eigenvalue weighted by molar-refractivity contribution is 0.475. The lowest BCUT2D eigenvalue weighted by atomic mass is 10.1. The molecule has 0 radical (unpaired) electrons. The fourth-order valence-electron chi connectivity index (χ4n) is 1.79. The Kier molecular flexibility index (Phi) is 4.63. The first-order valence-electron chi connectivity index (χ1n) is 5.78. The van der Waals surface area contributed by atoms with E-state index in [9.17, 15) is 9.50 Å². The van der Waals surface area contributed by atoms with E-state index in [2.05, 4.69) is 5.32 Å². The second-order valence-corrected chi connectivity index (χ2v) is 5.54. The lowest BCUT2D eigenvalue weighted by Crippen LogP contribution is -2.07. The van der Waals surface area contributed by atoms with Gasteiger partial charge >= 0.3 is 0 Å². The maximum atomic E-state index is 13.5. The van der Waals surface area contributed by atoms with E-state index in [0.717, 1.165) is 0 Å². The van der Waals surface area contributed by atoms with Crippen molar-refractivity contribution in [1.29, 1.82) is 0 Å². The zero-order valence-corrected chi connectivity index (χ0v) is 12.7. The van der Waals surface area contributed by atoms with Gasteiger partial charge in [0, 0.05) is 10.7 Å². The first-order valence-corrected chi connectivity index (χ1v) is 6.91. The number of nitrogens with one attached hydrogen (secondary N) is 1. The van der Waals surface area contributed by atoms with Gasteiger partial charge in [-0.15, -0.1) is 0 Å². The molecule has 0 amide bonds. The molecule has 2 nitrogen and oxygen atoms in total. The van der Waals surface area contributed by atoms with Gasteiger partial charge in [0.2, 0.25) is 0 Å². The summed E-state index contributed by atoms with van der Waals surface area (Å²) in [5, 5.41) is 13.1. The van der Waals surface area contributed by atoms with E-state index in [0.29, 0.717) is 16.3 Å². The molecule has 0 spiro atoms. The molecule has 0 aliphatic rings. The number of halogens is 4. The van der Waals surface area contributed by atoms with Gasteiger partial charge in [-0.1, -0.05) is 34.8 Å². The molecule has 0 aromatic heterocycles. The van der Waals surface area contributed by atoms with Crippen LogP contribution in [0.3, 0.4) is 0 Å². The van der Waals surface area contributed by atoms with Gasteiger partial charge in [-0.3, -0.25) is 0 Å². The van der Waals surface area contributed by atoms with E-state index in [1.165, 1.54) is 18.2 Å². The molecule has 0 fully saturated rings. The normalized spacial score (nSPS) is 12.2. The Labute approximate surface area is 131 Å². The number of phenolic OH excluding ortho intramolecular Hbond substituents is 1. The Morgan fingerprint density at radius 1 is 1.05 bits per heavy atom. The highest BCUT2D eigenvalue weighted by Gasteiger charge is 2.14. The predicted octanol–water partition coefficient (Wildman–Crippen LogP) is 5.66. The summed E-state index contributed by atoms with van der Waals surface area (Å²) in [6.45, 7) is 1.83. The molecule has 106 valence electrons. The molecular formula is C14H11Cl3FNO. The van der Waals surface area contributed by atoms with Crippen LogP contribution in [0.5, 0.6) is 5.75 Å². The van der Waals surface area contributed by atoms with Crippen LogP contribution in [0.2, 0.25) is 15.1 Å². The molecule has 0 aliphatic heterocycles. The van der Waals surface area contributed by atoms with Crippen molar-refractivity contribution < 1.29 is 9.50 Å². The minimum atomic E-state index is -0.525. The third kappa shape index (κ3) is 3.29. The molecule has 1 atom stereocenters. The van der Waals surface area contributed by atoms with Crippen LogP contribution in [0.1, 0.15) is 18.5 Å². The van der Waals surface area contributed by atoms with E-state index in [-0.39, 0.29) is 21.8 Å². The summed E-state index contributed by atoms with van der Waals surface area (Å²) in [7, 11) is 0. The predicted molar refractivity (Wildman–Crippen MR) is 81.6 cm³/mol. The molecule has 0 saturated carbocycles. The topological polar surface area (TPSA) is 32.3 Å². The van der Waals surface area contributed by atoms with Gasteiger partial charge in [-0.2, -0.15) is 0 Å². The molecule has 2 aromatic carbocycles. The molecule has 2 aromatic rings. The van der Waals surface area contributed by atoms with Crippen LogP contribution in [0.15, 0.2) is 30.3 Å².